The lowest BCUT2D eigenvalue weighted by atomic mass is 10.3. The highest BCUT2D eigenvalue weighted by atomic mass is 16.5. The summed E-state index contributed by atoms with van der Waals surface area (Å²) in [6.07, 6.45) is 0.393. The highest BCUT2D eigenvalue weighted by Gasteiger charge is 2.00. The minimum atomic E-state index is -0.215. The van der Waals surface area contributed by atoms with Crippen molar-refractivity contribution >= 4 is 11.7 Å². The standard InChI is InChI=1S/C10H13NO2/c1-3-10(12)13-9-6-4-5-8(7-9)11-2/h4-7,11H,3H2,1-2H3. The quantitative estimate of drug-likeness (QED) is 0.570. The second kappa shape index (κ2) is 4.50. The van der Waals surface area contributed by atoms with E-state index < -0.39 is 0 Å². The third-order valence-electron chi connectivity index (χ3n) is 1.64. The summed E-state index contributed by atoms with van der Waals surface area (Å²) in [6, 6.07) is 7.29. The van der Waals surface area contributed by atoms with Crippen molar-refractivity contribution in [2.45, 2.75) is 13.3 Å². The molecule has 0 saturated heterocycles. The third kappa shape index (κ3) is 2.78. The van der Waals surface area contributed by atoms with Gasteiger partial charge in [0.1, 0.15) is 5.75 Å². The molecule has 1 aromatic rings. The van der Waals surface area contributed by atoms with Gasteiger partial charge in [0.05, 0.1) is 0 Å². The van der Waals surface area contributed by atoms with Crippen LogP contribution in [0, 0.1) is 0 Å². The lowest BCUT2D eigenvalue weighted by Gasteiger charge is -2.04. The van der Waals surface area contributed by atoms with E-state index in [1.54, 1.807) is 19.1 Å². The average Bonchev–Trinajstić information content (AvgIpc) is 2.18. The molecule has 0 bridgehead atoms. The minimum Gasteiger partial charge on any atom is -0.426 e. The summed E-state index contributed by atoms with van der Waals surface area (Å²) in [5.74, 6) is 0.368. The van der Waals surface area contributed by atoms with Gasteiger partial charge < -0.3 is 10.1 Å². The Morgan fingerprint density at radius 2 is 2.31 bits per heavy atom. The zero-order valence-electron chi connectivity index (χ0n) is 7.83. The molecule has 0 unspecified atom stereocenters. The topological polar surface area (TPSA) is 38.3 Å². The zero-order chi connectivity index (χ0) is 9.68. The van der Waals surface area contributed by atoms with Gasteiger partial charge in [0, 0.05) is 25.2 Å². The summed E-state index contributed by atoms with van der Waals surface area (Å²) >= 11 is 0. The summed E-state index contributed by atoms with van der Waals surface area (Å²) in [6.45, 7) is 1.77. The van der Waals surface area contributed by atoms with Gasteiger partial charge in [-0.2, -0.15) is 0 Å². The van der Waals surface area contributed by atoms with Crippen molar-refractivity contribution in [3.05, 3.63) is 24.3 Å². The smallest absolute Gasteiger partial charge is 0.310 e. The normalized spacial score (nSPS) is 9.38. The van der Waals surface area contributed by atoms with Crippen LogP contribution >= 0.6 is 0 Å². The van der Waals surface area contributed by atoms with Crippen molar-refractivity contribution in [2.75, 3.05) is 12.4 Å². The fourth-order valence-electron chi connectivity index (χ4n) is 0.919. The van der Waals surface area contributed by atoms with Crippen molar-refractivity contribution in [3.8, 4) is 5.75 Å². The Balaban J connectivity index is 2.71. The minimum absolute atomic E-state index is 0.215. The molecule has 1 N–H and O–H groups in total. The van der Waals surface area contributed by atoms with Gasteiger partial charge in [-0.25, -0.2) is 0 Å². The molecule has 13 heavy (non-hydrogen) atoms. The first-order valence-electron chi connectivity index (χ1n) is 4.24. The molecule has 1 aromatic carbocycles. The molecule has 0 fully saturated rings. The molecule has 3 heteroatoms. The van der Waals surface area contributed by atoms with Crippen molar-refractivity contribution in [2.24, 2.45) is 0 Å². The van der Waals surface area contributed by atoms with Crippen LogP contribution in [0.3, 0.4) is 0 Å². The first kappa shape index (κ1) is 9.58. The Kier molecular flexibility index (Phi) is 3.31. The number of benzene rings is 1. The van der Waals surface area contributed by atoms with Gasteiger partial charge in [-0.3, -0.25) is 4.79 Å². The summed E-state index contributed by atoms with van der Waals surface area (Å²) in [5, 5.41) is 2.97. The average molecular weight is 179 g/mol. The first-order valence-corrected chi connectivity index (χ1v) is 4.24. The number of carbonyl (C=O) groups is 1. The number of rotatable bonds is 3. The van der Waals surface area contributed by atoms with Crippen LogP contribution in [0.2, 0.25) is 0 Å². The Hall–Kier alpha value is -1.51. The molecule has 0 aromatic heterocycles. The Morgan fingerprint density at radius 1 is 1.54 bits per heavy atom. The number of nitrogens with one attached hydrogen (secondary N) is 1. The number of carbonyl (C=O) groups excluding carboxylic acids is 1. The molecule has 0 radical (unpaired) electrons. The number of ether oxygens (including phenoxy) is 1. The maximum Gasteiger partial charge on any atom is 0.310 e. The van der Waals surface area contributed by atoms with Crippen LogP contribution in [0.4, 0.5) is 5.69 Å². The Bertz CT molecular complexity index is 297. The first-order chi connectivity index (χ1) is 6.26. The Labute approximate surface area is 77.7 Å². The predicted molar refractivity (Wildman–Crippen MR) is 51.9 cm³/mol. The predicted octanol–water partition coefficient (Wildman–Crippen LogP) is 2.04. The molecule has 0 saturated carbocycles. The van der Waals surface area contributed by atoms with Gasteiger partial charge in [-0.15, -0.1) is 0 Å². The molecule has 3 nitrogen and oxygen atoms in total. The van der Waals surface area contributed by atoms with E-state index in [2.05, 4.69) is 5.32 Å². The van der Waals surface area contributed by atoms with Crippen molar-refractivity contribution in [1.82, 2.24) is 0 Å². The van der Waals surface area contributed by atoms with Crippen molar-refractivity contribution in [1.29, 1.82) is 0 Å². The number of anilines is 1. The molecular weight excluding hydrogens is 166 g/mol. The maximum absolute atomic E-state index is 10.9. The van der Waals surface area contributed by atoms with E-state index in [0.717, 1.165) is 5.69 Å². The summed E-state index contributed by atoms with van der Waals surface area (Å²) in [5.41, 5.74) is 0.932. The van der Waals surface area contributed by atoms with Crippen LogP contribution in [-0.4, -0.2) is 13.0 Å². The second-order valence-corrected chi connectivity index (χ2v) is 2.61. The largest absolute Gasteiger partial charge is 0.426 e. The van der Waals surface area contributed by atoms with Crippen LogP contribution in [0.25, 0.3) is 0 Å². The van der Waals surface area contributed by atoms with Gasteiger partial charge in [0.2, 0.25) is 0 Å². The molecular formula is C10H13NO2. The van der Waals surface area contributed by atoms with E-state index in [1.807, 2.05) is 19.2 Å². The van der Waals surface area contributed by atoms with E-state index >= 15 is 0 Å². The molecule has 0 aliphatic carbocycles. The van der Waals surface area contributed by atoms with Crippen molar-refractivity contribution < 1.29 is 9.53 Å². The van der Waals surface area contributed by atoms with Crippen LogP contribution in [0.1, 0.15) is 13.3 Å². The monoisotopic (exact) mass is 179 g/mol. The Morgan fingerprint density at radius 3 is 2.92 bits per heavy atom. The van der Waals surface area contributed by atoms with E-state index in [-0.39, 0.29) is 5.97 Å². The van der Waals surface area contributed by atoms with E-state index in [4.69, 9.17) is 4.74 Å². The van der Waals surface area contributed by atoms with E-state index in [0.29, 0.717) is 12.2 Å². The summed E-state index contributed by atoms with van der Waals surface area (Å²) < 4.78 is 5.03. The van der Waals surface area contributed by atoms with Crippen LogP contribution in [-0.2, 0) is 4.79 Å². The van der Waals surface area contributed by atoms with Crippen LogP contribution in [0.15, 0.2) is 24.3 Å². The molecule has 0 spiro atoms. The maximum atomic E-state index is 10.9. The molecule has 0 atom stereocenters. The highest BCUT2D eigenvalue weighted by Crippen LogP contribution is 2.16. The summed E-state index contributed by atoms with van der Waals surface area (Å²) in [4.78, 5) is 10.9. The SMILES string of the molecule is CCC(=O)Oc1cccc(NC)c1. The van der Waals surface area contributed by atoms with Crippen LogP contribution < -0.4 is 10.1 Å². The lowest BCUT2D eigenvalue weighted by molar-refractivity contribution is -0.134. The number of esters is 1. The van der Waals surface area contributed by atoms with E-state index in [1.165, 1.54) is 0 Å². The van der Waals surface area contributed by atoms with Gasteiger partial charge in [0.25, 0.3) is 0 Å². The lowest BCUT2D eigenvalue weighted by Crippen LogP contribution is -2.05. The third-order valence-corrected chi connectivity index (χ3v) is 1.64. The number of hydrogen-bond donors (Lipinski definition) is 1. The molecule has 0 aliphatic rings. The fraction of sp³-hybridized carbons (Fsp3) is 0.300. The van der Waals surface area contributed by atoms with Gasteiger partial charge in [-0.05, 0) is 12.1 Å². The van der Waals surface area contributed by atoms with E-state index in [9.17, 15) is 4.79 Å². The van der Waals surface area contributed by atoms with Gasteiger partial charge >= 0.3 is 5.97 Å². The summed E-state index contributed by atoms with van der Waals surface area (Å²) in [7, 11) is 1.82. The molecule has 0 amide bonds. The number of hydrogen-bond acceptors (Lipinski definition) is 3. The van der Waals surface area contributed by atoms with Gasteiger partial charge in [0.15, 0.2) is 0 Å². The molecule has 0 aliphatic heterocycles. The van der Waals surface area contributed by atoms with Crippen LogP contribution in [0.5, 0.6) is 5.75 Å². The zero-order valence-corrected chi connectivity index (χ0v) is 7.83. The van der Waals surface area contributed by atoms with Crippen molar-refractivity contribution in [3.63, 3.8) is 0 Å². The fourth-order valence-corrected chi connectivity index (χ4v) is 0.919. The molecule has 0 heterocycles. The van der Waals surface area contributed by atoms with Gasteiger partial charge in [-0.1, -0.05) is 13.0 Å². The molecule has 70 valence electrons. The highest BCUT2D eigenvalue weighted by molar-refractivity contribution is 5.72. The molecule has 1 rings (SSSR count). The second-order valence-electron chi connectivity index (χ2n) is 2.61.